The third-order valence-electron chi connectivity index (χ3n) is 5.30. The van der Waals surface area contributed by atoms with Crippen molar-refractivity contribution < 1.29 is 9.47 Å². The molecule has 0 spiro atoms. The zero-order chi connectivity index (χ0) is 20.4. The highest BCUT2D eigenvalue weighted by atomic mass is 35.5. The van der Waals surface area contributed by atoms with Gasteiger partial charge in [-0.3, -0.25) is 4.98 Å². The lowest BCUT2D eigenvalue weighted by Crippen LogP contribution is -2.31. The molecule has 0 saturated heterocycles. The van der Waals surface area contributed by atoms with Crippen LogP contribution in [0.2, 0.25) is 5.02 Å². The predicted molar refractivity (Wildman–Crippen MR) is 115 cm³/mol. The van der Waals surface area contributed by atoms with E-state index in [9.17, 15) is 0 Å². The fourth-order valence-corrected chi connectivity index (χ4v) is 4.01. The molecule has 0 aliphatic carbocycles. The molecular weight excluding hydrogens is 386 g/mol. The molecule has 2 aromatic carbocycles. The van der Waals surface area contributed by atoms with Crippen LogP contribution in [0.4, 0.5) is 0 Å². The molecule has 29 heavy (non-hydrogen) atoms. The fraction of sp³-hybridized carbons (Fsp3) is 0.174. The minimum atomic E-state index is -0.442. The van der Waals surface area contributed by atoms with E-state index in [-0.39, 0.29) is 0 Å². The van der Waals surface area contributed by atoms with Crippen LogP contribution in [0.25, 0.3) is 11.1 Å². The molecular formula is C23H22ClN3O2. The summed E-state index contributed by atoms with van der Waals surface area (Å²) in [5.41, 5.74) is 9.86. The lowest BCUT2D eigenvalue weighted by Gasteiger charge is -2.29. The smallest absolute Gasteiger partial charge is 0.137 e. The van der Waals surface area contributed by atoms with Crippen molar-refractivity contribution in [1.82, 2.24) is 10.3 Å². The van der Waals surface area contributed by atoms with Gasteiger partial charge in [0, 0.05) is 18.3 Å². The Kier molecular flexibility index (Phi) is 5.07. The second-order valence-corrected chi connectivity index (χ2v) is 7.38. The molecule has 1 unspecified atom stereocenters. The molecule has 4 rings (SSSR count). The Labute approximate surface area is 175 Å². The highest BCUT2D eigenvalue weighted by Crippen LogP contribution is 2.40. The maximum absolute atomic E-state index is 6.43. The lowest BCUT2D eigenvalue weighted by molar-refractivity contribution is 0.413. The van der Waals surface area contributed by atoms with Crippen molar-refractivity contribution in [3.05, 3.63) is 89.0 Å². The quantitative estimate of drug-likeness (QED) is 0.666. The van der Waals surface area contributed by atoms with Crippen molar-refractivity contribution in [2.24, 2.45) is 5.73 Å². The Morgan fingerprint density at radius 2 is 1.83 bits per heavy atom. The predicted octanol–water partition coefficient (Wildman–Crippen LogP) is 4.11. The van der Waals surface area contributed by atoms with E-state index >= 15 is 0 Å². The molecule has 3 aromatic rings. The van der Waals surface area contributed by atoms with Crippen LogP contribution in [-0.4, -0.2) is 25.7 Å². The van der Waals surface area contributed by atoms with Crippen molar-refractivity contribution >= 4 is 11.6 Å². The summed E-state index contributed by atoms with van der Waals surface area (Å²) in [6.45, 7) is 0.640. The topological polar surface area (TPSA) is 69.4 Å². The third kappa shape index (κ3) is 3.49. The number of nitrogens with zero attached hydrogens (tertiary/aromatic N) is 1. The Morgan fingerprint density at radius 1 is 1.00 bits per heavy atom. The average molecular weight is 408 g/mol. The third-order valence-corrected chi connectivity index (χ3v) is 5.60. The number of pyridine rings is 1. The van der Waals surface area contributed by atoms with Gasteiger partial charge >= 0.3 is 0 Å². The highest BCUT2D eigenvalue weighted by Gasteiger charge is 2.37. The SMILES string of the molecule is COc1cncc(-c2cccc(C3(c4ccc(OC)c(Cl)c4)C=C(N)NC3)c2)c1. The zero-order valence-corrected chi connectivity index (χ0v) is 17.0. The monoisotopic (exact) mass is 407 g/mol. The van der Waals surface area contributed by atoms with Crippen molar-refractivity contribution in [3.63, 3.8) is 0 Å². The Hall–Kier alpha value is -3.18. The summed E-state index contributed by atoms with van der Waals surface area (Å²) in [6.07, 6.45) is 5.57. The summed E-state index contributed by atoms with van der Waals surface area (Å²) in [7, 11) is 3.24. The van der Waals surface area contributed by atoms with E-state index in [0.29, 0.717) is 23.1 Å². The minimum Gasteiger partial charge on any atom is -0.495 e. The van der Waals surface area contributed by atoms with Gasteiger partial charge in [-0.25, -0.2) is 0 Å². The number of methoxy groups -OCH3 is 2. The Morgan fingerprint density at radius 3 is 2.52 bits per heavy atom. The van der Waals surface area contributed by atoms with Crippen molar-refractivity contribution in [1.29, 1.82) is 0 Å². The molecule has 1 aromatic heterocycles. The van der Waals surface area contributed by atoms with E-state index in [1.54, 1.807) is 20.4 Å². The highest BCUT2D eigenvalue weighted by molar-refractivity contribution is 6.32. The molecule has 1 aliphatic rings. The van der Waals surface area contributed by atoms with Crippen molar-refractivity contribution in [3.8, 4) is 22.6 Å². The molecule has 1 aliphatic heterocycles. The van der Waals surface area contributed by atoms with Gasteiger partial charge in [-0.15, -0.1) is 0 Å². The van der Waals surface area contributed by atoms with E-state index in [4.69, 9.17) is 26.8 Å². The van der Waals surface area contributed by atoms with Gasteiger partial charge in [-0.2, -0.15) is 0 Å². The molecule has 0 saturated carbocycles. The van der Waals surface area contributed by atoms with E-state index in [0.717, 1.165) is 28.0 Å². The first-order valence-corrected chi connectivity index (χ1v) is 9.60. The maximum atomic E-state index is 6.43. The molecule has 5 nitrogen and oxygen atoms in total. The molecule has 148 valence electrons. The molecule has 1 atom stereocenters. The van der Waals surface area contributed by atoms with Crippen molar-refractivity contribution in [2.45, 2.75) is 5.41 Å². The lowest BCUT2D eigenvalue weighted by atomic mass is 9.75. The minimum absolute atomic E-state index is 0.442. The molecule has 2 heterocycles. The molecule has 6 heteroatoms. The first kappa shape index (κ1) is 19.2. The van der Waals surface area contributed by atoms with Gasteiger partial charge in [-0.05, 0) is 47.0 Å². The molecule has 3 N–H and O–H groups in total. The van der Waals surface area contributed by atoms with Gasteiger partial charge in [0.1, 0.15) is 11.5 Å². The molecule has 0 radical (unpaired) electrons. The van der Waals surface area contributed by atoms with Gasteiger partial charge in [0.15, 0.2) is 0 Å². The van der Waals surface area contributed by atoms with E-state index in [1.165, 1.54) is 0 Å². The number of aromatic nitrogens is 1. The largest absolute Gasteiger partial charge is 0.495 e. The standard InChI is InChI=1S/C23H22ClN3O2/c1-28-19-9-16(12-26-13-19)15-4-3-5-17(8-15)23(11-22(25)27-14-23)18-6-7-21(29-2)20(24)10-18/h3-13,27H,14,25H2,1-2H3. The summed E-state index contributed by atoms with van der Waals surface area (Å²) in [5, 5.41) is 3.83. The number of nitrogens with two attached hydrogens (primary N) is 1. The van der Waals surface area contributed by atoms with Crippen molar-refractivity contribution in [2.75, 3.05) is 20.8 Å². The van der Waals surface area contributed by atoms with Gasteiger partial charge in [0.25, 0.3) is 0 Å². The van der Waals surface area contributed by atoms with Gasteiger partial charge < -0.3 is 20.5 Å². The summed E-state index contributed by atoms with van der Waals surface area (Å²) < 4.78 is 10.6. The number of halogens is 1. The normalized spacial score (nSPS) is 18.1. The van der Waals surface area contributed by atoms with Crippen LogP contribution in [0.3, 0.4) is 0 Å². The van der Waals surface area contributed by atoms with Gasteiger partial charge in [0.05, 0.1) is 36.7 Å². The van der Waals surface area contributed by atoms with Crippen LogP contribution in [-0.2, 0) is 5.41 Å². The van der Waals surface area contributed by atoms with Gasteiger partial charge in [0.2, 0.25) is 0 Å². The van der Waals surface area contributed by atoms with Crippen LogP contribution in [0, 0.1) is 0 Å². The number of rotatable bonds is 5. The molecule has 0 bridgehead atoms. The maximum Gasteiger partial charge on any atom is 0.137 e. The fourth-order valence-electron chi connectivity index (χ4n) is 3.75. The first-order valence-electron chi connectivity index (χ1n) is 9.22. The molecule has 0 fully saturated rings. The Bertz CT molecular complexity index is 1080. The number of hydrogen-bond acceptors (Lipinski definition) is 5. The Balaban J connectivity index is 1.84. The van der Waals surface area contributed by atoms with Crippen LogP contribution in [0.15, 0.2) is 72.8 Å². The van der Waals surface area contributed by atoms with E-state index in [1.807, 2.05) is 42.6 Å². The van der Waals surface area contributed by atoms with E-state index < -0.39 is 5.41 Å². The number of nitrogens with one attached hydrogen (secondary N) is 1. The van der Waals surface area contributed by atoms with Crippen LogP contribution >= 0.6 is 11.6 Å². The number of hydrogen-bond donors (Lipinski definition) is 2. The number of ether oxygens (including phenoxy) is 2. The second-order valence-electron chi connectivity index (χ2n) is 6.97. The second kappa shape index (κ2) is 7.68. The summed E-state index contributed by atoms with van der Waals surface area (Å²) in [4.78, 5) is 4.28. The summed E-state index contributed by atoms with van der Waals surface area (Å²) >= 11 is 6.43. The van der Waals surface area contributed by atoms with Crippen LogP contribution < -0.4 is 20.5 Å². The number of benzene rings is 2. The first-order chi connectivity index (χ1) is 14.1. The van der Waals surface area contributed by atoms with Crippen LogP contribution in [0.1, 0.15) is 11.1 Å². The summed E-state index contributed by atoms with van der Waals surface area (Å²) in [6, 6.07) is 16.2. The van der Waals surface area contributed by atoms with E-state index in [2.05, 4.69) is 28.5 Å². The van der Waals surface area contributed by atoms with Crippen LogP contribution in [0.5, 0.6) is 11.5 Å². The zero-order valence-electron chi connectivity index (χ0n) is 16.3. The summed E-state index contributed by atoms with van der Waals surface area (Å²) in [5.74, 6) is 2.01. The average Bonchev–Trinajstić information content (AvgIpc) is 3.17. The molecule has 0 amide bonds. The van der Waals surface area contributed by atoms with Gasteiger partial charge in [-0.1, -0.05) is 35.9 Å².